The minimum atomic E-state index is -0.571. The molecular formula is C17H14Cl2N4S. The van der Waals surface area contributed by atoms with Gasteiger partial charge in [0.25, 0.3) is 0 Å². The highest BCUT2D eigenvalue weighted by Crippen LogP contribution is 2.54. The Balaban J connectivity index is 1.70. The van der Waals surface area contributed by atoms with E-state index in [9.17, 15) is 0 Å². The summed E-state index contributed by atoms with van der Waals surface area (Å²) in [4.78, 5) is 4.07. The third-order valence-corrected chi connectivity index (χ3v) is 5.97. The number of alkyl halides is 2. The average Bonchev–Trinajstić information content (AvgIpc) is 3.04. The fraction of sp³-hybridized carbons (Fsp3) is 0.235. The Kier molecular flexibility index (Phi) is 4.24. The van der Waals surface area contributed by atoms with Crippen LogP contribution in [-0.4, -0.2) is 29.8 Å². The Bertz CT molecular complexity index is 836. The highest BCUT2D eigenvalue weighted by atomic mass is 35.5. The normalized spacial score (nSPS) is 18.5. The van der Waals surface area contributed by atoms with Crippen LogP contribution < -0.4 is 0 Å². The number of pyridine rings is 1. The van der Waals surface area contributed by atoms with E-state index in [1.54, 1.807) is 24.2 Å². The molecule has 3 aromatic rings. The minimum absolute atomic E-state index is 0.302. The lowest BCUT2D eigenvalue weighted by Gasteiger charge is -2.10. The molecule has 0 saturated heterocycles. The van der Waals surface area contributed by atoms with Crippen LogP contribution in [0.3, 0.4) is 0 Å². The Labute approximate surface area is 154 Å². The maximum atomic E-state index is 6.13. The van der Waals surface area contributed by atoms with Gasteiger partial charge in [-0.15, -0.1) is 33.4 Å². The quantitative estimate of drug-likeness (QED) is 0.481. The number of benzene rings is 1. The van der Waals surface area contributed by atoms with E-state index in [1.165, 1.54) is 0 Å². The Morgan fingerprint density at radius 1 is 1.08 bits per heavy atom. The maximum absolute atomic E-state index is 6.13. The molecule has 1 aliphatic rings. The van der Waals surface area contributed by atoms with E-state index in [4.69, 9.17) is 23.2 Å². The Morgan fingerprint density at radius 3 is 2.46 bits per heavy atom. The summed E-state index contributed by atoms with van der Waals surface area (Å²) in [6.45, 7) is 0. The third kappa shape index (κ3) is 3.16. The molecule has 1 atom stereocenters. The number of aromatic nitrogens is 4. The summed E-state index contributed by atoms with van der Waals surface area (Å²) in [6, 6.07) is 14.0. The molecule has 1 saturated carbocycles. The first-order valence-electron chi connectivity index (χ1n) is 7.57. The van der Waals surface area contributed by atoms with Crippen LogP contribution >= 0.6 is 35.0 Å². The molecule has 1 fully saturated rings. The first-order chi connectivity index (χ1) is 11.6. The maximum Gasteiger partial charge on any atom is 0.196 e. The molecule has 7 heteroatoms. The molecule has 0 radical (unpaired) electrons. The van der Waals surface area contributed by atoms with E-state index in [0.29, 0.717) is 5.92 Å². The number of hydrogen-bond acceptors (Lipinski definition) is 4. The van der Waals surface area contributed by atoms with E-state index in [2.05, 4.69) is 19.7 Å². The number of para-hydroxylation sites is 1. The molecule has 1 aliphatic carbocycles. The van der Waals surface area contributed by atoms with Crippen molar-refractivity contribution in [1.82, 2.24) is 19.7 Å². The lowest BCUT2D eigenvalue weighted by atomic mass is 10.2. The van der Waals surface area contributed by atoms with Gasteiger partial charge in [-0.25, -0.2) is 0 Å². The van der Waals surface area contributed by atoms with Crippen LogP contribution in [0, 0.1) is 5.92 Å². The van der Waals surface area contributed by atoms with E-state index >= 15 is 0 Å². The molecule has 0 bridgehead atoms. The van der Waals surface area contributed by atoms with Crippen LogP contribution in [-0.2, 0) is 0 Å². The van der Waals surface area contributed by atoms with Crippen molar-refractivity contribution in [3.63, 3.8) is 0 Å². The number of hydrogen-bond donors (Lipinski definition) is 0. The lowest BCUT2D eigenvalue weighted by molar-refractivity contribution is 0.877. The first kappa shape index (κ1) is 15.9. The zero-order chi connectivity index (χ0) is 16.6. The monoisotopic (exact) mass is 376 g/mol. The summed E-state index contributed by atoms with van der Waals surface area (Å²) < 4.78 is 1.49. The molecule has 0 aliphatic heterocycles. The molecule has 4 nitrogen and oxygen atoms in total. The topological polar surface area (TPSA) is 43.6 Å². The van der Waals surface area contributed by atoms with Crippen molar-refractivity contribution in [2.45, 2.75) is 15.9 Å². The first-order valence-corrected chi connectivity index (χ1v) is 9.31. The highest BCUT2D eigenvalue weighted by molar-refractivity contribution is 7.99. The van der Waals surface area contributed by atoms with Gasteiger partial charge in [0.05, 0.1) is 0 Å². The van der Waals surface area contributed by atoms with Gasteiger partial charge in [-0.3, -0.25) is 9.55 Å². The molecule has 1 unspecified atom stereocenters. The van der Waals surface area contributed by atoms with Crippen LogP contribution in [0.1, 0.15) is 6.42 Å². The van der Waals surface area contributed by atoms with Gasteiger partial charge in [-0.05, 0) is 30.7 Å². The SMILES string of the molecule is ClC1(Cl)CC1CSc1nnc(-c2ccncc2)n1-c1ccccc1. The summed E-state index contributed by atoms with van der Waals surface area (Å²) in [7, 11) is 0. The largest absolute Gasteiger partial charge is 0.270 e. The van der Waals surface area contributed by atoms with Crippen LogP contribution in [0.15, 0.2) is 60.0 Å². The summed E-state index contributed by atoms with van der Waals surface area (Å²) in [5.74, 6) is 1.93. The van der Waals surface area contributed by atoms with Gasteiger partial charge in [0.15, 0.2) is 11.0 Å². The zero-order valence-corrected chi connectivity index (χ0v) is 15.0. The van der Waals surface area contributed by atoms with Gasteiger partial charge >= 0.3 is 0 Å². The average molecular weight is 377 g/mol. The van der Waals surface area contributed by atoms with E-state index in [1.807, 2.05) is 42.5 Å². The smallest absolute Gasteiger partial charge is 0.196 e. The number of thioether (sulfide) groups is 1. The highest BCUT2D eigenvalue weighted by Gasteiger charge is 2.51. The van der Waals surface area contributed by atoms with E-state index in [-0.39, 0.29) is 0 Å². The summed E-state index contributed by atoms with van der Waals surface area (Å²) in [6.07, 6.45) is 4.34. The second-order valence-electron chi connectivity index (χ2n) is 5.69. The molecule has 2 heterocycles. The van der Waals surface area contributed by atoms with Crippen molar-refractivity contribution in [1.29, 1.82) is 0 Å². The summed E-state index contributed by atoms with van der Waals surface area (Å²) in [5, 5.41) is 9.62. The Morgan fingerprint density at radius 2 is 1.79 bits per heavy atom. The molecule has 0 spiro atoms. The predicted octanol–water partition coefficient (Wildman–Crippen LogP) is 4.62. The van der Waals surface area contributed by atoms with E-state index < -0.39 is 4.33 Å². The number of rotatable bonds is 5. The van der Waals surface area contributed by atoms with E-state index in [0.717, 1.165) is 34.4 Å². The van der Waals surface area contributed by atoms with Gasteiger partial charge in [0, 0.05) is 35.3 Å². The lowest BCUT2D eigenvalue weighted by Crippen LogP contribution is -2.01. The van der Waals surface area contributed by atoms with Gasteiger partial charge in [-0.1, -0.05) is 30.0 Å². The fourth-order valence-corrected chi connectivity index (χ4v) is 4.37. The van der Waals surface area contributed by atoms with Gasteiger partial charge in [0.2, 0.25) is 0 Å². The third-order valence-electron chi connectivity index (χ3n) is 3.96. The summed E-state index contributed by atoms with van der Waals surface area (Å²) >= 11 is 13.9. The van der Waals surface area contributed by atoms with Gasteiger partial charge < -0.3 is 0 Å². The molecule has 2 aromatic heterocycles. The van der Waals surface area contributed by atoms with Gasteiger partial charge in [-0.2, -0.15) is 0 Å². The predicted molar refractivity (Wildman–Crippen MR) is 97.9 cm³/mol. The molecule has 122 valence electrons. The minimum Gasteiger partial charge on any atom is -0.270 e. The zero-order valence-electron chi connectivity index (χ0n) is 12.6. The molecule has 1 aromatic carbocycles. The van der Waals surface area contributed by atoms with Gasteiger partial charge in [0.1, 0.15) is 4.33 Å². The Hall–Kier alpha value is -1.56. The number of halogens is 2. The van der Waals surface area contributed by atoms with Crippen molar-refractivity contribution in [2.75, 3.05) is 5.75 Å². The second kappa shape index (κ2) is 6.39. The second-order valence-corrected chi connectivity index (χ2v) is 8.22. The van der Waals surface area contributed by atoms with Crippen LogP contribution in [0.25, 0.3) is 17.1 Å². The number of nitrogens with zero attached hydrogens (tertiary/aromatic N) is 4. The standard InChI is InChI=1S/C17H14Cl2N4S/c18-17(19)10-13(17)11-24-16-22-21-15(12-6-8-20-9-7-12)23(16)14-4-2-1-3-5-14/h1-9,13H,10-11H2. The van der Waals surface area contributed by atoms with Crippen molar-refractivity contribution >= 4 is 35.0 Å². The fourth-order valence-electron chi connectivity index (χ4n) is 2.49. The van der Waals surface area contributed by atoms with Crippen molar-refractivity contribution in [3.8, 4) is 17.1 Å². The summed E-state index contributed by atoms with van der Waals surface area (Å²) in [5.41, 5.74) is 2.00. The van der Waals surface area contributed by atoms with Crippen LogP contribution in [0.2, 0.25) is 0 Å². The molecule has 0 N–H and O–H groups in total. The van der Waals surface area contributed by atoms with Crippen molar-refractivity contribution < 1.29 is 0 Å². The van der Waals surface area contributed by atoms with Crippen LogP contribution in [0.4, 0.5) is 0 Å². The molecule has 0 amide bonds. The van der Waals surface area contributed by atoms with Crippen molar-refractivity contribution in [3.05, 3.63) is 54.9 Å². The van der Waals surface area contributed by atoms with Crippen LogP contribution in [0.5, 0.6) is 0 Å². The molecule has 24 heavy (non-hydrogen) atoms. The molecular weight excluding hydrogens is 363 g/mol. The van der Waals surface area contributed by atoms with Crippen molar-refractivity contribution in [2.24, 2.45) is 5.92 Å². The molecule has 4 rings (SSSR count).